The van der Waals surface area contributed by atoms with Crippen LogP contribution in [0, 0.1) is 5.92 Å². The van der Waals surface area contributed by atoms with Crippen LogP contribution in [0.25, 0.3) is 0 Å². The number of unbranched alkanes of at least 4 members (excludes halogenated alkanes) is 6. The van der Waals surface area contributed by atoms with Gasteiger partial charge in [0.05, 0.1) is 19.6 Å². The Bertz CT molecular complexity index is 399. The SMILES string of the molecule is CCCCCCCCC[NH+]1CCC(C)C1.O=S(=O)([O-])C(F)(F)F. The van der Waals surface area contributed by atoms with E-state index in [0.29, 0.717) is 0 Å². The van der Waals surface area contributed by atoms with Gasteiger partial charge in [-0.25, -0.2) is 8.42 Å². The summed E-state index contributed by atoms with van der Waals surface area (Å²) in [5.41, 5.74) is -5.65. The van der Waals surface area contributed by atoms with Gasteiger partial charge in [-0.3, -0.25) is 0 Å². The summed E-state index contributed by atoms with van der Waals surface area (Å²) < 4.78 is 58.9. The van der Waals surface area contributed by atoms with Crippen molar-refractivity contribution in [1.29, 1.82) is 0 Å². The summed E-state index contributed by atoms with van der Waals surface area (Å²) in [4.78, 5) is 1.87. The molecule has 0 aliphatic carbocycles. The normalized spacial score (nSPS) is 21.8. The molecule has 1 rings (SSSR count). The van der Waals surface area contributed by atoms with Gasteiger partial charge in [0.15, 0.2) is 10.1 Å². The third-order valence-electron chi connectivity index (χ3n) is 4.05. The second kappa shape index (κ2) is 11.3. The Morgan fingerprint density at radius 1 is 1.09 bits per heavy atom. The smallest absolute Gasteiger partial charge is 0.485 e. The highest BCUT2D eigenvalue weighted by Crippen LogP contribution is 2.20. The number of nitrogens with one attached hydrogen (secondary N) is 1. The lowest BCUT2D eigenvalue weighted by atomic mass is 10.1. The lowest BCUT2D eigenvalue weighted by Gasteiger charge is -2.12. The summed E-state index contributed by atoms with van der Waals surface area (Å²) in [5, 5.41) is 0. The topological polar surface area (TPSA) is 61.6 Å². The van der Waals surface area contributed by atoms with E-state index in [0.717, 1.165) is 5.92 Å². The number of hydrogen-bond donors (Lipinski definition) is 1. The van der Waals surface area contributed by atoms with E-state index in [-0.39, 0.29) is 0 Å². The fraction of sp³-hybridized carbons (Fsp3) is 1.00. The van der Waals surface area contributed by atoms with E-state index in [1.54, 1.807) is 0 Å². The number of alkyl halides is 3. The number of hydrogen-bond acceptors (Lipinski definition) is 3. The highest BCUT2D eigenvalue weighted by Gasteiger charge is 2.36. The summed E-state index contributed by atoms with van der Waals surface area (Å²) in [5.74, 6) is 0.990. The molecule has 4 nitrogen and oxygen atoms in total. The van der Waals surface area contributed by atoms with Crippen LogP contribution in [0.1, 0.15) is 65.2 Å². The molecule has 1 heterocycles. The van der Waals surface area contributed by atoms with Gasteiger partial charge in [0.1, 0.15) is 0 Å². The van der Waals surface area contributed by atoms with Crippen molar-refractivity contribution >= 4 is 10.1 Å². The quantitative estimate of drug-likeness (QED) is 0.411. The predicted molar refractivity (Wildman–Crippen MR) is 83.1 cm³/mol. The van der Waals surface area contributed by atoms with E-state index in [2.05, 4.69) is 13.8 Å². The van der Waals surface area contributed by atoms with Gasteiger partial charge in [0.25, 0.3) is 0 Å². The first-order chi connectivity index (χ1) is 10.6. The van der Waals surface area contributed by atoms with Gasteiger partial charge < -0.3 is 9.45 Å². The lowest BCUT2D eigenvalue weighted by molar-refractivity contribution is -0.889. The molecule has 1 aliphatic heterocycles. The van der Waals surface area contributed by atoms with Crippen molar-refractivity contribution in [2.24, 2.45) is 5.92 Å². The standard InChI is InChI=1S/C14H29N.CHF3O3S/c1-3-4-5-6-7-8-9-11-15-12-10-14(2)13-15;2-1(3,4)8(5,6)7/h14H,3-13H2,1-2H3;(H,5,6,7). The Morgan fingerprint density at radius 3 is 1.96 bits per heavy atom. The van der Waals surface area contributed by atoms with Crippen molar-refractivity contribution in [1.82, 2.24) is 0 Å². The van der Waals surface area contributed by atoms with Crippen LogP contribution >= 0.6 is 0 Å². The monoisotopic (exact) mass is 361 g/mol. The molecule has 0 aromatic carbocycles. The van der Waals surface area contributed by atoms with Gasteiger partial charge in [-0.2, -0.15) is 13.2 Å². The fourth-order valence-electron chi connectivity index (χ4n) is 2.71. The van der Waals surface area contributed by atoms with Gasteiger partial charge in [-0.05, 0) is 12.8 Å². The maximum absolute atomic E-state index is 10.7. The number of rotatable bonds is 8. The third kappa shape index (κ3) is 11.8. The summed E-state index contributed by atoms with van der Waals surface area (Å²) >= 11 is 0. The highest BCUT2D eigenvalue weighted by atomic mass is 32.2. The average molecular weight is 361 g/mol. The number of halogens is 3. The average Bonchev–Trinajstić information content (AvgIpc) is 2.82. The van der Waals surface area contributed by atoms with E-state index in [1.165, 1.54) is 71.0 Å². The molecule has 1 saturated heterocycles. The van der Waals surface area contributed by atoms with Gasteiger partial charge in [0, 0.05) is 12.3 Å². The minimum atomic E-state index is -6.09. The minimum Gasteiger partial charge on any atom is -0.741 e. The first-order valence-electron chi connectivity index (χ1n) is 8.43. The van der Waals surface area contributed by atoms with Crippen molar-refractivity contribution in [3.8, 4) is 0 Å². The fourth-order valence-corrected chi connectivity index (χ4v) is 2.71. The Balaban J connectivity index is 0.000000515. The van der Waals surface area contributed by atoms with Crippen LogP contribution in [-0.2, 0) is 10.1 Å². The second-order valence-corrected chi connectivity index (χ2v) is 7.74. The van der Waals surface area contributed by atoms with Crippen LogP contribution in [0.5, 0.6) is 0 Å². The first kappa shape index (κ1) is 22.7. The molecule has 0 amide bonds. The maximum atomic E-state index is 10.7. The van der Waals surface area contributed by atoms with E-state index >= 15 is 0 Å². The van der Waals surface area contributed by atoms with Crippen molar-refractivity contribution in [3.63, 3.8) is 0 Å². The van der Waals surface area contributed by atoms with E-state index in [9.17, 15) is 13.2 Å². The molecule has 1 N–H and O–H groups in total. The Hall–Kier alpha value is -0.340. The van der Waals surface area contributed by atoms with Crippen molar-refractivity contribution in [3.05, 3.63) is 0 Å². The molecule has 2 unspecified atom stereocenters. The molecule has 0 aromatic heterocycles. The van der Waals surface area contributed by atoms with E-state index in [1.807, 2.05) is 4.90 Å². The molecule has 1 aliphatic rings. The van der Waals surface area contributed by atoms with Gasteiger partial charge >= 0.3 is 5.51 Å². The lowest BCUT2D eigenvalue weighted by Crippen LogP contribution is -3.10. The Labute approximate surface area is 138 Å². The molecule has 23 heavy (non-hydrogen) atoms. The molecule has 0 aromatic rings. The van der Waals surface area contributed by atoms with Crippen LogP contribution in [0.15, 0.2) is 0 Å². The van der Waals surface area contributed by atoms with Crippen molar-refractivity contribution in [2.75, 3.05) is 19.6 Å². The zero-order valence-electron chi connectivity index (χ0n) is 14.1. The first-order valence-corrected chi connectivity index (χ1v) is 9.84. The summed E-state index contributed by atoms with van der Waals surface area (Å²) in [6.45, 7) is 9.01. The Kier molecular flexibility index (Phi) is 11.1. The number of likely N-dealkylation sites (tertiary alicyclic amines) is 1. The zero-order chi connectivity index (χ0) is 17.9. The van der Waals surface area contributed by atoms with Gasteiger partial charge in [-0.1, -0.05) is 46.0 Å². The second-order valence-electron chi connectivity index (χ2n) is 6.37. The van der Waals surface area contributed by atoms with E-state index in [4.69, 9.17) is 13.0 Å². The zero-order valence-corrected chi connectivity index (χ0v) is 14.9. The summed E-state index contributed by atoms with van der Waals surface area (Å²) in [6, 6.07) is 0. The Morgan fingerprint density at radius 2 is 1.57 bits per heavy atom. The van der Waals surface area contributed by atoms with Crippen LogP contribution < -0.4 is 4.90 Å². The molecular weight excluding hydrogens is 331 g/mol. The molecule has 140 valence electrons. The van der Waals surface area contributed by atoms with Crippen molar-refractivity contribution in [2.45, 2.75) is 70.7 Å². The molecule has 8 heteroatoms. The molecule has 0 radical (unpaired) electrons. The van der Waals surface area contributed by atoms with Crippen LogP contribution in [0.4, 0.5) is 13.2 Å². The van der Waals surface area contributed by atoms with Gasteiger partial charge in [-0.15, -0.1) is 0 Å². The maximum Gasteiger partial charge on any atom is 0.485 e. The predicted octanol–water partition coefficient (Wildman–Crippen LogP) is 2.71. The van der Waals surface area contributed by atoms with Gasteiger partial charge in [0.2, 0.25) is 0 Å². The summed E-state index contributed by atoms with van der Waals surface area (Å²) in [7, 11) is -6.09. The highest BCUT2D eigenvalue weighted by molar-refractivity contribution is 7.86. The molecule has 0 bridgehead atoms. The largest absolute Gasteiger partial charge is 0.741 e. The molecule has 0 saturated carbocycles. The van der Waals surface area contributed by atoms with Crippen LogP contribution in [-0.4, -0.2) is 38.1 Å². The molecule has 1 fully saturated rings. The van der Waals surface area contributed by atoms with E-state index < -0.39 is 15.6 Å². The molecule has 2 atom stereocenters. The third-order valence-corrected chi connectivity index (χ3v) is 4.61. The minimum absolute atomic E-state index is 0.990. The number of quaternary nitrogens is 1. The molecule has 0 spiro atoms. The van der Waals surface area contributed by atoms with Crippen LogP contribution in [0.2, 0.25) is 0 Å². The molecular formula is C15H30F3NO3S. The summed E-state index contributed by atoms with van der Waals surface area (Å²) in [6.07, 6.45) is 11.6. The van der Waals surface area contributed by atoms with Crippen LogP contribution in [0.3, 0.4) is 0 Å². The van der Waals surface area contributed by atoms with Crippen molar-refractivity contribution < 1.29 is 31.0 Å².